The zero-order valence-corrected chi connectivity index (χ0v) is 22.5. The van der Waals surface area contributed by atoms with E-state index in [9.17, 15) is 14.0 Å². The SMILES string of the molecule is Cc1nc(C)c(C(=O)Nc2ccc(F)c(-c3nc4ncc(C5=CC6C=CC5N6C(=O)OC(C)(C)C)cn4n3)c2)o1. The molecule has 2 unspecified atom stereocenters. The van der Waals surface area contributed by atoms with E-state index in [1.165, 1.54) is 22.7 Å². The summed E-state index contributed by atoms with van der Waals surface area (Å²) in [5.41, 5.74) is 1.90. The van der Waals surface area contributed by atoms with Gasteiger partial charge < -0.3 is 14.5 Å². The van der Waals surface area contributed by atoms with E-state index in [2.05, 4.69) is 25.4 Å². The Kier molecular flexibility index (Phi) is 5.79. The van der Waals surface area contributed by atoms with Gasteiger partial charge >= 0.3 is 6.09 Å². The molecule has 2 aliphatic rings. The summed E-state index contributed by atoms with van der Waals surface area (Å²) in [6.45, 7) is 8.80. The number of nitrogens with zero attached hydrogens (tertiary/aromatic N) is 6. The Hall–Kier alpha value is -4.87. The lowest BCUT2D eigenvalue weighted by atomic mass is 10.00. The first kappa shape index (κ1) is 25.4. The van der Waals surface area contributed by atoms with Crippen LogP contribution < -0.4 is 5.32 Å². The normalized spacial score (nSPS) is 17.9. The zero-order chi connectivity index (χ0) is 28.3. The standard InChI is InChI=1S/C28H26FN7O4/c1-14-23(39-15(2)31-14)25(37)32-17-6-8-21(29)20(10-17)24-33-26-30-12-16(13-35(26)34-24)19-11-18-7-9-22(19)36(18)27(38)40-28(3,4)5/h6-13,18,22H,1-5H3,(H,32,37). The summed E-state index contributed by atoms with van der Waals surface area (Å²) in [5.74, 6) is -0.238. The molecule has 0 fully saturated rings. The number of halogens is 1. The number of hydrogen-bond acceptors (Lipinski definition) is 8. The number of carbonyl (C=O) groups excluding carboxylic acids is 2. The van der Waals surface area contributed by atoms with Crippen LogP contribution in [-0.2, 0) is 4.74 Å². The van der Waals surface area contributed by atoms with E-state index in [4.69, 9.17) is 9.15 Å². The summed E-state index contributed by atoms with van der Waals surface area (Å²) in [6, 6.07) is 3.60. The van der Waals surface area contributed by atoms with Crippen LogP contribution in [0.4, 0.5) is 14.9 Å². The Morgan fingerprint density at radius 1 is 1.15 bits per heavy atom. The number of aryl methyl sites for hydroxylation is 2. The molecule has 2 amide bonds. The van der Waals surface area contributed by atoms with Gasteiger partial charge in [0, 0.05) is 30.6 Å². The number of rotatable bonds is 4. The molecular formula is C28H26FN7O4. The average Bonchev–Trinajstić information content (AvgIpc) is 3.65. The second-order valence-electron chi connectivity index (χ2n) is 10.6. The molecule has 11 nitrogen and oxygen atoms in total. The first-order chi connectivity index (χ1) is 19.0. The van der Waals surface area contributed by atoms with E-state index >= 15 is 0 Å². The first-order valence-electron chi connectivity index (χ1n) is 12.7. The molecule has 0 aliphatic carbocycles. The number of ether oxygens (including phenoxy) is 1. The van der Waals surface area contributed by atoms with Gasteiger partial charge in [0.15, 0.2) is 11.7 Å². The largest absolute Gasteiger partial charge is 0.444 e. The van der Waals surface area contributed by atoms with Crippen molar-refractivity contribution in [2.75, 3.05) is 5.32 Å². The lowest BCUT2D eigenvalue weighted by molar-refractivity contribution is 0.0249. The maximum absolute atomic E-state index is 14.9. The van der Waals surface area contributed by atoms with Crippen LogP contribution in [0.3, 0.4) is 0 Å². The highest BCUT2D eigenvalue weighted by Crippen LogP contribution is 2.38. The molecular weight excluding hydrogens is 517 g/mol. The highest BCUT2D eigenvalue weighted by molar-refractivity contribution is 6.03. The lowest BCUT2D eigenvalue weighted by Crippen LogP contribution is -2.41. The van der Waals surface area contributed by atoms with Crippen molar-refractivity contribution in [2.24, 2.45) is 0 Å². The molecule has 0 radical (unpaired) electrons. The van der Waals surface area contributed by atoms with Crippen molar-refractivity contribution in [1.29, 1.82) is 0 Å². The van der Waals surface area contributed by atoms with E-state index in [0.29, 0.717) is 17.3 Å². The van der Waals surface area contributed by atoms with E-state index in [1.807, 2.05) is 39.0 Å². The minimum atomic E-state index is -0.611. The molecule has 12 heteroatoms. The van der Waals surface area contributed by atoms with Crippen LogP contribution in [0.1, 0.15) is 48.5 Å². The van der Waals surface area contributed by atoms with Crippen LogP contribution in [0.2, 0.25) is 0 Å². The van der Waals surface area contributed by atoms with Gasteiger partial charge in [0.1, 0.15) is 11.4 Å². The molecule has 5 heterocycles. The molecule has 6 rings (SSSR count). The maximum atomic E-state index is 14.9. The average molecular weight is 544 g/mol. The summed E-state index contributed by atoms with van der Waals surface area (Å²) in [4.78, 5) is 40.0. The summed E-state index contributed by atoms with van der Waals surface area (Å²) in [7, 11) is 0. The molecule has 204 valence electrons. The molecule has 0 saturated heterocycles. The molecule has 1 aromatic carbocycles. The van der Waals surface area contributed by atoms with Gasteiger partial charge in [-0.25, -0.2) is 23.7 Å². The van der Waals surface area contributed by atoms with Crippen molar-refractivity contribution in [3.05, 3.63) is 77.5 Å². The highest BCUT2D eigenvalue weighted by Gasteiger charge is 2.42. The smallest absolute Gasteiger partial charge is 0.411 e. The van der Waals surface area contributed by atoms with Crippen molar-refractivity contribution in [3.63, 3.8) is 0 Å². The second kappa shape index (κ2) is 9.11. The Morgan fingerprint density at radius 2 is 1.95 bits per heavy atom. The monoisotopic (exact) mass is 543 g/mol. The minimum absolute atomic E-state index is 0.0842. The van der Waals surface area contributed by atoms with Gasteiger partial charge in [-0.1, -0.05) is 18.2 Å². The number of nitrogens with one attached hydrogen (secondary N) is 1. The van der Waals surface area contributed by atoms with Crippen molar-refractivity contribution in [1.82, 2.24) is 29.5 Å². The predicted molar refractivity (Wildman–Crippen MR) is 143 cm³/mol. The molecule has 2 aliphatic heterocycles. The molecule has 0 spiro atoms. The van der Waals surface area contributed by atoms with Gasteiger partial charge in [-0.2, -0.15) is 4.98 Å². The molecule has 4 aromatic rings. The van der Waals surface area contributed by atoms with Crippen LogP contribution in [0.25, 0.3) is 22.7 Å². The number of hydrogen-bond donors (Lipinski definition) is 1. The molecule has 2 atom stereocenters. The Labute approximate surface area is 228 Å². The van der Waals surface area contributed by atoms with Crippen molar-refractivity contribution < 1.29 is 23.1 Å². The topological polar surface area (TPSA) is 128 Å². The molecule has 0 saturated carbocycles. The van der Waals surface area contributed by atoms with Crippen LogP contribution in [0.5, 0.6) is 0 Å². The van der Waals surface area contributed by atoms with E-state index in [-0.39, 0.29) is 35.0 Å². The molecule has 3 aromatic heterocycles. The minimum Gasteiger partial charge on any atom is -0.444 e. The lowest BCUT2D eigenvalue weighted by Gasteiger charge is -2.28. The number of aromatic nitrogens is 5. The van der Waals surface area contributed by atoms with E-state index in [1.54, 1.807) is 31.1 Å². The van der Waals surface area contributed by atoms with E-state index in [0.717, 1.165) is 11.1 Å². The van der Waals surface area contributed by atoms with Gasteiger partial charge in [0.05, 0.1) is 23.3 Å². The van der Waals surface area contributed by atoms with Gasteiger partial charge in [-0.3, -0.25) is 9.69 Å². The van der Waals surface area contributed by atoms with Gasteiger partial charge in [-0.05, 0) is 51.5 Å². The summed E-state index contributed by atoms with van der Waals surface area (Å²) in [6.07, 6.45) is 8.89. The number of anilines is 1. The third-order valence-corrected chi connectivity index (χ3v) is 6.49. The predicted octanol–water partition coefficient (Wildman–Crippen LogP) is 4.73. The number of fused-ring (bicyclic) bond motifs is 3. The van der Waals surface area contributed by atoms with Crippen LogP contribution in [-0.4, -0.2) is 59.2 Å². The van der Waals surface area contributed by atoms with Crippen molar-refractivity contribution in [3.8, 4) is 11.4 Å². The van der Waals surface area contributed by atoms with E-state index < -0.39 is 23.4 Å². The van der Waals surface area contributed by atoms with Crippen molar-refractivity contribution in [2.45, 2.75) is 52.3 Å². The fourth-order valence-electron chi connectivity index (χ4n) is 4.83. The summed E-state index contributed by atoms with van der Waals surface area (Å²) < 4.78 is 27.3. The number of oxazole rings is 1. The fraction of sp³-hybridized carbons (Fsp3) is 0.286. The fourth-order valence-corrected chi connectivity index (χ4v) is 4.83. The maximum Gasteiger partial charge on any atom is 0.411 e. The van der Waals surface area contributed by atoms with Crippen LogP contribution >= 0.6 is 0 Å². The number of benzene rings is 1. The zero-order valence-electron chi connectivity index (χ0n) is 22.5. The molecule has 40 heavy (non-hydrogen) atoms. The van der Waals surface area contributed by atoms with Crippen molar-refractivity contribution >= 4 is 29.0 Å². The number of amides is 2. The first-order valence-corrected chi connectivity index (χ1v) is 12.7. The quantitative estimate of drug-likeness (QED) is 0.366. The van der Waals surface area contributed by atoms with Crippen LogP contribution in [0.15, 0.2) is 53.2 Å². The Balaban J connectivity index is 1.26. The van der Waals surface area contributed by atoms with Gasteiger partial charge in [0.25, 0.3) is 11.7 Å². The summed E-state index contributed by atoms with van der Waals surface area (Å²) in [5, 5.41) is 7.15. The Morgan fingerprint density at radius 3 is 2.67 bits per heavy atom. The van der Waals surface area contributed by atoms with Crippen LogP contribution in [0, 0.1) is 19.7 Å². The van der Waals surface area contributed by atoms with Gasteiger partial charge in [-0.15, -0.1) is 5.10 Å². The second-order valence-corrected chi connectivity index (χ2v) is 10.6. The Bertz CT molecular complexity index is 1750. The third kappa shape index (κ3) is 4.51. The number of carbonyl (C=O) groups is 2. The third-order valence-electron chi connectivity index (χ3n) is 6.49. The molecule has 1 N–H and O–H groups in total. The summed E-state index contributed by atoms with van der Waals surface area (Å²) >= 11 is 0. The molecule has 2 bridgehead atoms. The highest BCUT2D eigenvalue weighted by atomic mass is 19.1. The van der Waals surface area contributed by atoms with Gasteiger partial charge in [0.2, 0.25) is 5.76 Å².